The maximum Gasteiger partial charge on any atom is 0.407 e. The number of alkyl carbamates (subject to hydrolysis) is 1. The van der Waals surface area contributed by atoms with Crippen LogP contribution in [0.25, 0.3) is 0 Å². The quantitative estimate of drug-likeness (QED) is 0.923. The lowest BCUT2D eigenvalue weighted by atomic mass is 9.73. The third-order valence-corrected chi connectivity index (χ3v) is 5.52. The molecule has 0 aliphatic heterocycles. The molecule has 0 radical (unpaired) electrons. The number of aryl methyl sites for hydroxylation is 1. The lowest BCUT2D eigenvalue weighted by Crippen LogP contribution is -2.53. The van der Waals surface area contributed by atoms with Gasteiger partial charge in [-0.25, -0.2) is 4.79 Å². The van der Waals surface area contributed by atoms with E-state index in [2.05, 4.69) is 41.2 Å². The van der Waals surface area contributed by atoms with E-state index in [1.807, 2.05) is 11.9 Å². The molecule has 5 nitrogen and oxygen atoms in total. The Morgan fingerprint density at radius 3 is 2.54 bits per heavy atom. The lowest BCUT2D eigenvalue weighted by Gasteiger charge is -2.45. The van der Waals surface area contributed by atoms with E-state index in [1.165, 1.54) is 18.2 Å². The fourth-order valence-corrected chi connectivity index (χ4v) is 3.73. The number of nitrogens with zero attached hydrogens (tertiary/aromatic N) is 1. The van der Waals surface area contributed by atoms with Crippen molar-refractivity contribution in [3.8, 4) is 0 Å². The molecular weight excluding hydrogens is 304 g/mol. The van der Waals surface area contributed by atoms with Crippen molar-refractivity contribution in [2.24, 2.45) is 5.92 Å². The molecular formula is C19H26N2O3. The van der Waals surface area contributed by atoms with Crippen LogP contribution in [-0.2, 0) is 9.53 Å². The van der Waals surface area contributed by atoms with Gasteiger partial charge in [0.2, 0.25) is 5.91 Å². The summed E-state index contributed by atoms with van der Waals surface area (Å²) in [6.07, 6.45) is 3.10. The minimum atomic E-state index is -0.417. The Morgan fingerprint density at radius 1 is 1.21 bits per heavy atom. The molecule has 2 saturated carbocycles. The van der Waals surface area contributed by atoms with Crippen LogP contribution in [-0.4, -0.2) is 43.1 Å². The van der Waals surface area contributed by atoms with Crippen molar-refractivity contribution in [2.45, 2.75) is 50.6 Å². The summed E-state index contributed by atoms with van der Waals surface area (Å²) in [6.45, 7) is 2.12. The van der Waals surface area contributed by atoms with Gasteiger partial charge in [-0.3, -0.25) is 4.79 Å². The van der Waals surface area contributed by atoms with E-state index in [1.54, 1.807) is 0 Å². The highest BCUT2D eigenvalue weighted by atomic mass is 16.5. The van der Waals surface area contributed by atoms with Crippen LogP contribution in [0.4, 0.5) is 4.79 Å². The molecule has 5 heteroatoms. The van der Waals surface area contributed by atoms with Gasteiger partial charge in [0.15, 0.2) is 0 Å². The summed E-state index contributed by atoms with van der Waals surface area (Å²) in [5, 5.41) is 2.75. The molecule has 2 aliphatic carbocycles. The van der Waals surface area contributed by atoms with E-state index in [4.69, 9.17) is 0 Å². The monoisotopic (exact) mass is 330 g/mol. The topological polar surface area (TPSA) is 58.6 Å². The Morgan fingerprint density at radius 2 is 1.92 bits per heavy atom. The predicted octanol–water partition coefficient (Wildman–Crippen LogP) is 2.83. The highest BCUT2D eigenvalue weighted by Crippen LogP contribution is 2.41. The summed E-state index contributed by atoms with van der Waals surface area (Å²) < 4.78 is 4.58. The Balaban J connectivity index is 1.44. The molecule has 2 aliphatic rings. The molecule has 2 amide bonds. The zero-order valence-corrected chi connectivity index (χ0v) is 14.6. The van der Waals surface area contributed by atoms with Crippen molar-refractivity contribution in [1.82, 2.24) is 10.2 Å². The Kier molecular flexibility index (Phi) is 4.78. The smallest absolute Gasteiger partial charge is 0.407 e. The number of ether oxygens (including phenoxy) is 1. The van der Waals surface area contributed by atoms with Crippen LogP contribution in [0.3, 0.4) is 0 Å². The normalized spacial score (nSPS) is 28.3. The van der Waals surface area contributed by atoms with Gasteiger partial charge in [0.1, 0.15) is 0 Å². The van der Waals surface area contributed by atoms with Gasteiger partial charge >= 0.3 is 6.09 Å². The lowest BCUT2D eigenvalue weighted by molar-refractivity contribution is -0.141. The molecule has 0 spiro atoms. The molecule has 0 atom stereocenters. The number of carbonyl (C=O) groups excluding carboxylic acids is 2. The number of amides is 2. The molecule has 0 unspecified atom stereocenters. The fourth-order valence-electron chi connectivity index (χ4n) is 3.73. The summed E-state index contributed by atoms with van der Waals surface area (Å²) in [5.41, 5.74) is 2.68. The zero-order valence-electron chi connectivity index (χ0n) is 14.6. The maximum absolute atomic E-state index is 12.5. The van der Waals surface area contributed by atoms with Gasteiger partial charge in [0.25, 0.3) is 0 Å². The highest BCUT2D eigenvalue weighted by molar-refractivity contribution is 5.80. The second kappa shape index (κ2) is 6.83. The zero-order chi connectivity index (χ0) is 17.3. The number of carbonyl (C=O) groups is 2. The van der Waals surface area contributed by atoms with Gasteiger partial charge in [0.05, 0.1) is 7.11 Å². The highest BCUT2D eigenvalue weighted by Gasteiger charge is 2.41. The van der Waals surface area contributed by atoms with Gasteiger partial charge in [-0.2, -0.15) is 0 Å². The molecule has 0 bridgehead atoms. The fraction of sp³-hybridized carbons (Fsp3) is 0.579. The molecule has 1 N–H and O–H groups in total. The van der Waals surface area contributed by atoms with Crippen LogP contribution >= 0.6 is 0 Å². The van der Waals surface area contributed by atoms with Crippen LogP contribution < -0.4 is 5.32 Å². The standard InChI is InChI=1S/C19H26N2O3/c1-12-5-4-6-13(7-12)14-10-17(11-14)21(2)18(22)15-8-16(9-15)20-19(23)24-3/h4-7,14-17H,8-11H2,1-3H3,(H,20,23). The summed E-state index contributed by atoms with van der Waals surface area (Å²) >= 11 is 0. The number of hydrogen-bond donors (Lipinski definition) is 1. The molecule has 1 aromatic carbocycles. The van der Waals surface area contributed by atoms with Crippen molar-refractivity contribution in [3.63, 3.8) is 0 Å². The first-order valence-electron chi connectivity index (χ1n) is 8.65. The van der Waals surface area contributed by atoms with Crippen LogP contribution in [0, 0.1) is 12.8 Å². The summed E-state index contributed by atoms with van der Waals surface area (Å²) in [7, 11) is 3.27. The molecule has 0 saturated heterocycles. The predicted molar refractivity (Wildman–Crippen MR) is 91.8 cm³/mol. The molecule has 2 fully saturated rings. The van der Waals surface area contributed by atoms with Gasteiger partial charge < -0.3 is 15.0 Å². The van der Waals surface area contributed by atoms with Crippen molar-refractivity contribution < 1.29 is 14.3 Å². The van der Waals surface area contributed by atoms with Crippen LogP contribution in [0.1, 0.15) is 42.7 Å². The van der Waals surface area contributed by atoms with E-state index in [0.717, 1.165) is 12.8 Å². The van der Waals surface area contributed by atoms with Gasteiger partial charge in [0, 0.05) is 25.0 Å². The van der Waals surface area contributed by atoms with Crippen molar-refractivity contribution in [2.75, 3.05) is 14.2 Å². The van der Waals surface area contributed by atoms with E-state index in [9.17, 15) is 9.59 Å². The van der Waals surface area contributed by atoms with Gasteiger partial charge in [-0.05, 0) is 44.1 Å². The largest absolute Gasteiger partial charge is 0.453 e. The number of methoxy groups -OCH3 is 1. The third kappa shape index (κ3) is 3.40. The van der Waals surface area contributed by atoms with Crippen LogP contribution in [0.15, 0.2) is 24.3 Å². The minimum absolute atomic E-state index is 0.0372. The first kappa shape index (κ1) is 16.8. The number of nitrogens with one attached hydrogen (secondary N) is 1. The van der Waals surface area contributed by atoms with E-state index in [-0.39, 0.29) is 17.9 Å². The molecule has 24 heavy (non-hydrogen) atoms. The first-order chi connectivity index (χ1) is 11.5. The first-order valence-corrected chi connectivity index (χ1v) is 8.65. The summed E-state index contributed by atoms with van der Waals surface area (Å²) in [6, 6.07) is 9.07. The minimum Gasteiger partial charge on any atom is -0.453 e. The average Bonchev–Trinajstić information content (AvgIpc) is 2.48. The summed E-state index contributed by atoms with van der Waals surface area (Å²) in [5.74, 6) is 0.820. The molecule has 1 aromatic rings. The Hall–Kier alpha value is -2.04. The van der Waals surface area contributed by atoms with E-state index >= 15 is 0 Å². The van der Waals surface area contributed by atoms with Crippen molar-refractivity contribution >= 4 is 12.0 Å². The SMILES string of the molecule is COC(=O)NC1CC(C(=O)N(C)C2CC(c3cccc(C)c3)C2)C1. The molecule has 0 heterocycles. The Bertz CT molecular complexity index is 619. The van der Waals surface area contributed by atoms with Crippen LogP contribution in [0.2, 0.25) is 0 Å². The summed E-state index contributed by atoms with van der Waals surface area (Å²) in [4.78, 5) is 25.6. The van der Waals surface area contributed by atoms with Gasteiger partial charge in [-0.1, -0.05) is 29.8 Å². The van der Waals surface area contributed by atoms with E-state index < -0.39 is 6.09 Å². The Labute approximate surface area is 143 Å². The average molecular weight is 330 g/mol. The van der Waals surface area contributed by atoms with Crippen molar-refractivity contribution in [3.05, 3.63) is 35.4 Å². The molecule has 130 valence electrons. The number of rotatable bonds is 4. The second-order valence-electron chi connectivity index (χ2n) is 7.19. The van der Waals surface area contributed by atoms with Crippen LogP contribution in [0.5, 0.6) is 0 Å². The molecule has 3 rings (SSSR count). The third-order valence-electron chi connectivity index (χ3n) is 5.52. The van der Waals surface area contributed by atoms with Crippen molar-refractivity contribution in [1.29, 1.82) is 0 Å². The van der Waals surface area contributed by atoms with E-state index in [0.29, 0.717) is 24.8 Å². The maximum atomic E-state index is 12.5. The van der Waals surface area contributed by atoms with Gasteiger partial charge in [-0.15, -0.1) is 0 Å². The second-order valence-corrected chi connectivity index (χ2v) is 7.19. The number of benzene rings is 1. The number of hydrogen-bond acceptors (Lipinski definition) is 3. The molecule has 0 aromatic heterocycles.